The van der Waals surface area contributed by atoms with E-state index in [1.54, 1.807) is 12.1 Å². The highest BCUT2D eigenvalue weighted by Gasteiger charge is 2.19. The molecule has 96 valence electrons. The van der Waals surface area contributed by atoms with Gasteiger partial charge in [-0.05, 0) is 30.0 Å². The molecule has 17 heavy (non-hydrogen) atoms. The SMILES string of the molecule is CC(CNCc1ccc(Cl)cc1F)C(C)(C)C. The molecule has 0 saturated heterocycles. The Balaban J connectivity index is 2.46. The van der Waals surface area contributed by atoms with Gasteiger partial charge in [-0.15, -0.1) is 0 Å². The lowest BCUT2D eigenvalue weighted by atomic mass is 9.82. The zero-order valence-electron chi connectivity index (χ0n) is 11.0. The molecule has 0 aliphatic heterocycles. The molecule has 0 aliphatic carbocycles. The average molecular weight is 258 g/mol. The van der Waals surface area contributed by atoms with Crippen molar-refractivity contribution in [2.24, 2.45) is 11.3 Å². The molecular formula is C14H21ClFN. The van der Waals surface area contributed by atoms with E-state index in [1.165, 1.54) is 6.07 Å². The van der Waals surface area contributed by atoms with Gasteiger partial charge in [-0.25, -0.2) is 4.39 Å². The third-order valence-corrected chi connectivity index (χ3v) is 3.49. The summed E-state index contributed by atoms with van der Waals surface area (Å²) in [6.45, 7) is 10.3. The fourth-order valence-electron chi connectivity index (χ4n) is 1.39. The van der Waals surface area contributed by atoms with Gasteiger partial charge in [0.15, 0.2) is 0 Å². The summed E-state index contributed by atoms with van der Waals surface area (Å²) in [5, 5.41) is 3.72. The monoisotopic (exact) mass is 257 g/mol. The molecule has 1 aromatic carbocycles. The molecule has 0 saturated carbocycles. The van der Waals surface area contributed by atoms with Gasteiger partial charge in [0.05, 0.1) is 0 Å². The Morgan fingerprint density at radius 2 is 2.00 bits per heavy atom. The normalized spacial score (nSPS) is 13.8. The fraction of sp³-hybridized carbons (Fsp3) is 0.571. The van der Waals surface area contributed by atoms with E-state index in [0.717, 1.165) is 6.54 Å². The van der Waals surface area contributed by atoms with E-state index in [9.17, 15) is 4.39 Å². The lowest BCUT2D eigenvalue weighted by molar-refractivity contribution is 0.252. The maximum absolute atomic E-state index is 13.5. The van der Waals surface area contributed by atoms with Crippen LogP contribution in [-0.2, 0) is 6.54 Å². The molecule has 0 amide bonds. The quantitative estimate of drug-likeness (QED) is 0.850. The molecule has 0 fully saturated rings. The molecule has 0 aromatic heterocycles. The Morgan fingerprint density at radius 3 is 2.53 bits per heavy atom. The fourth-order valence-corrected chi connectivity index (χ4v) is 1.55. The summed E-state index contributed by atoms with van der Waals surface area (Å²) >= 11 is 5.70. The molecule has 1 unspecified atom stereocenters. The first-order valence-corrected chi connectivity index (χ1v) is 6.33. The van der Waals surface area contributed by atoms with E-state index >= 15 is 0 Å². The van der Waals surface area contributed by atoms with E-state index < -0.39 is 0 Å². The summed E-state index contributed by atoms with van der Waals surface area (Å²) in [6.07, 6.45) is 0. The summed E-state index contributed by atoms with van der Waals surface area (Å²) in [5.74, 6) is 0.297. The van der Waals surface area contributed by atoms with Crippen molar-refractivity contribution >= 4 is 11.6 Å². The minimum absolute atomic E-state index is 0.242. The third kappa shape index (κ3) is 4.64. The van der Waals surface area contributed by atoms with Crippen LogP contribution in [0.4, 0.5) is 4.39 Å². The first-order valence-electron chi connectivity index (χ1n) is 5.95. The summed E-state index contributed by atoms with van der Waals surface area (Å²) in [7, 11) is 0. The molecule has 0 bridgehead atoms. The van der Waals surface area contributed by atoms with Crippen LogP contribution in [0.25, 0.3) is 0 Å². The van der Waals surface area contributed by atoms with Crippen molar-refractivity contribution in [3.05, 3.63) is 34.6 Å². The van der Waals surface area contributed by atoms with Crippen molar-refractivity contribution < 1.29 is 4.39 Å². The van der Waals surface area contributed by atoms with Gasteiger partial charge in [-0.2, -0.15) is 0 Å². The summed E-state index contributed by atoms with van der Waals surface area (Å²) < 4.78 is 13.5. The van der Waals surface area contributed by atoms with E-state index in [4.69, 9.17) is 11.6 Å². The molecule has 1 rings (SSSR count). The first kappa shape index (κ1) is 14.5. The third-order valence-electron chi connectivity index (χ3n) is 3.26. The Bertz CT molecular complexity index is 371. The maximum atomic E-state index is 13.5. The van der Waals surface area contributed by atoms with Crippen LogP contribution in [-0.4, -0.2) is 6.54 Å². The van der Waals surface area contributed by atoms with Crippen molar-refractivity contribution in [1.29, 1.82) is 0 Å². The molecule has 1 aromatic rings. The lowest BCUT2D eigenvalue weighted by Crippen LogP contribution is -2.29. The van der Waals surface area contributed by atoms with Crippen LogP contribution in [0.5, 0.6) is 0 Å². The van der Waals surface area contributed by atoms with E-state index in [-0.39, 0.29) is 11.2 Å². The van der Waals surface area contributed by atoms with Crippen LogP contribution in [0.1, 0.15) is 33.3 Å². The zero-order valence-corrected chi connectivity index (χ0v) is 11.7. The van der Waals surface area contributed by atoms with Crippen LogP contribution >= 0.6 is 11.6 Å². The van der Waals surface area contributed by atoms with Crippen LogP contribution in [0, 0.1) is 17.2 Å². The summed E-state index contributed by atoms with van der Waals surface area (Å²) in [5.41, 5.74) is 0.932. The summed E-state index contributed by atoms with van der Waals surface area (Å²) in [6, 6.07) is 4.80. The Kier molecular flexibility index (Phi) is 4.96. The number of nitrogens with one attached hydrogen (secondary N) is 1. The largest absolute Gasteiger partial charge is 0.312 e. The molecule has 1 N–H and O–H groups in total. The van der Waals surface area contributed by atoms with Crippen molar-refractivity contribution in [2.45, 2.75) is 34.2 Å². The lowest BCUT2D eigenvalue weighted by Gasteiger charge is -2.27. The number of hydrogen-bond acceptors (Lipinski definition) is 1. The Labute approximate surface area is 108 Å². The predicted octanol–water partition coefficient (Wildman–Crippen LogP) is 4.25. The van der Waals surface area contributed by atoms with Crippen LogP contribution in [0.3, 0.4) is 0 Å². The minimum Gasteiger partial charge on any atom is -0.312 e. The zero-order chi connectivity index (χ0) is 13.1. The van der Waals surface area contributed by atoms with E-state index in [1.807, 2.05) is 0 Å². The van der Waals surface area contributed by atoms with Crippen molar-refractivity contribution in [1.82, 2.24) is 5.32 Å². The average Bonchev–Trinajstić information content (AvgIpc) is 2.19. The molecule has 1 atom stereocenters. The molecule has 0 heterocycles. The van der Waals surface area contributed by atoms with Gasteiger partial charge in [-0.1, -0.05) is 45.4 Å². The molecule has 0 spiro atoms. The topological polar surface area (TPSA) is 12.0 Å². The molecule has 1 nitrogen and oxygen atoms in total. The number of benzene rings is 1. The standard InChI is InChI=1S/C14H21ClFN/c1-10(14(2,3)4)8-17-9-11-5-6-12(15)7-13(11)16/h5-7,10,17H,8-9H2,1-4H3. The molecule has 3 heteroatoms. The minimum atomic E-state index is -0.242. The molecule has 0 radical (unpaired) electrons. The van der Waals surface area contributed by atoms with Crippen molar-refractivity contribution in [3.63, 3.8) is 0 Å². The second-order valence-electron chi connectivity index (χ2n) is 5.63. The van der Waals surface area contributed by atoms with Crippen LogP contribution in [0.15, 0.2) is 18.2 Å². The van der Waals surface area contributed by atoms with Gasteiger partial charge >= 0.3 is 0 Å². The highest BCUT2D eigenvalue weighted by atomic mass is 35.5. The van der Waals surface area contributed by atoms with Crippen molar-refractivity contribution in [3.8, 4) is 0 Å². The van der Waals surface area contributed by atoms with Gasteiger partial charge in [0.25, 0.3) is 0 Å². The first-order chi connectivity index (χ1) is 7.80. The van der Waals surface area contributed by atoms with Crippen LogP contribution in [0.2, 0.25) is 5.02 Å². The van der Waals surface area contributed by atoms with Gasteiger partial charge in [-0.3, -0.25) is 0 Å². The second-order valence-corrected chi connectivity index (χ2v) is 6.07. The Morgan fingerprint density at radius 1 is 1.35 bits per heavy atom. The molecule has 0 aliphatic rings. The summed E-state index contributed by atoms with van der Waals surface area (Å²) in [4.78, 5) is 0. The van der Waals surface area contributed by atoms with Crippen LogP contribution < -0.4 is 5.32 Å². The Hall–Kier alpha value is -0.600. The van der Waals surface area contributed by atoms with Crippen molar-refractivity contribution in [2.75, 3.05) is 6.54 Å². The number of halogens is 2. The van der Waals surface area contributed by atoms with E-state index in [2.05, 4.69) is 33.0 Å². The van der Waals surface area contributed by atoms with Gasteiger partial charge in [0.2, 0.25) is 0 Å². The number of rotatable bonds is 4. The predicted molar refractivity (Wildman–Crippen MR) is 71.7 cm³/mol. The number of hydrogen-bond donors (Lipinski definition) is 1. The van der Waals surface area contributed by atoms with Gasteiger partial charge in [0.1, 0.15) is 5.82 Å². The maximum Gasteiger partial charge on any atom is 0.129 e. The second kappa shape index (κ2) is 5.83. The highest BCUT2D eigenvalue weighted by Crippen LogP contribution is 2.24. The van der Waals surface area contributed by atoms with Gasteiger partial charge < -0.3 is 5.32 Å². The van der Waals surface area contributed by atoms with E-state index in [0.29, 0.717) is 23.0 Å². The molecular weight excluding hydrogens is 237 g/mol. The van der Waals surface area contributed by atoms with Gasteiger partial charge in [0, 0.05) is 17.1 Å². The highest BCUT2D eigenvalue weighted by molar-refractivity contribution is 6.30. The smallest absolute Gasteiger partial charge is 0.129 e.